The van der Waals surface area contributed by atoms with Crippen molar-refractivity contribution in [1.82, 2.24) is 0 Å². The minimum absolute atomic E-state index is 0.0537. The second kappa shape index (κ2) is 10.5. The molecule has 5 heteroatoms. The van der Waals surface area contributed by atoms with Gasteiger partial charge in [-0.2, -0.15) is 0 Å². The highest BCUT2D eigenvalue weighted by Gasteiger charge is 2.73. The van der Waals surface area contributed by atoms with Gasteiger partial charge < -0.3 is 10.2 Å². The predicted octanol–water partition coefficient (Wildman–Crippen LogP) is 7.63. The summed E-state index contributed by atoms with van der Waals surface area (Å²) in [7, 11) is 0. The summed E-state index contributed by atoms with van der Waals surface area (Å²) in [5.41, 5.74) is -0.885. The Morgan fingerprint density at radius 3 is 2.11 bits per heavy atom. The molecule has 1 fully saturated rings. The van der Waals surface area contributed by atoms with Gasteiger partial charge in [0.25, 0.3) is 0 Å². The molecular formula is C33H42O5. The molecule has 1 aromatic rings. The molecule has 0 heterocycles. The second-order valence-electron chi connectivity index (χ2n) is 12.3. The van der Waals surface area contributed by atoms with Crippen LogP contribution in [0, 0.1) is 22.2 Å². The number of hydrogen-bond acceptors (Lipinski definition) is 5. The summed E-state index contributed by atoms with van der Waals surface area (Å²) in [6.07, 6.45) is 6.81. The Bertz CT molecular complexity index is 1280. The highest BCUT2D eigenvalue weighted by Crippen LogP contribution is 2.66. The number of fused-ring (bicyclic) bond motifs is 2. The van der Waals surface area contributed by atoms with E-state index < -0.39 is 33.6 Å². The van der Waals surface area contributed by atoms with Crippen LogP contribution in [0.2, 0.25) is 0 Å². The molecular weight excluding hydrogens is 476 g/mol. The molecule has 0 aromatic heterocycles. The van der Waals surface area contributed by atoms with Crippen molar-refractivity contribution in [1.29, 1.82) is 0 Å². The molecule has 0 amide bonds. The fourth-order valence-corrected chi connectivity index (χ4v) is 6.21. The summed E-state index contributed by atoms with van der Waals surface area (Å²) in [6, 6.07) is 5.84. The van der Waals surface area contributed by atoms with Crippen LogP contribution in [0.25, 0.3) is 0 Å². The molecule has 0 unspecified atom stereocenters. The molecule has 2 aliphatic carbocycles. The largest absolute Gasteiger partial charge is 0.511 e. The SMILES string of the molecule is CC(C)=CCC1=C(O)[C@]2(CC=C(C)C)C(=O)[C@@](C(=O)c3cccc(O)c3)(C[C@@H](CC=C(C)C)C2(C)C)C1=O. The lowest BCUT2D eigenvalue weighted by atomic mass is 9.40. The third-order valence-electron chi connectivity index (χ3n) is 8.64. The Hall–Kier alpha value is -3.21. The fraction of sp³-hybridized carbons (Fsp3) is 0.485. The van der Waals surface area contributed by atoms with Crippen LogP contribution < -0.4 is 0 Å². The Balaban J connectivity index is 2.45. The van der Waals surface area contributed by atoms with Gasteiger partial charge in [0.15, 0.2) is 22.8 Å². The van der Waals surface area contributed by atoms with Crippen LogP contribution in [0.1, 0.15) is 91.4 Å². The molecule has 0 radical (unpaired) electrons. The summed E-state index contributed by atoms with van der Waals surface area (Å²) < 4.78 is 0. The zero-order chi connectivity index (χ0) is 28.6. The van der Waals surface area contributed by atoms with Crippen LogP contribution in [0.3, 0.4) is 0 Å². The molecule has 1 saturated carbocycles. The predicted molar refractivity (Wildman–Crippen MR) is 151 cm³/mol. The quantitative estimate of drug-likeness (QED) is 0.210. The first-order chi connectivity index (χ1) is 17.6. The summed E-state index contributed by atoms with van der Waals surface area (Å²) in [6.45, 7) is 15.6. The van der Waals surface area contributed by atoms with E-state index in [-0.39, 0.29) is 47.8 Å². The number of phenols is 1. The zero-order valence-corrected chi connectivity index (χ0v) is 24.1. The maximum absolute atomic E-state index is 14.8. The lowest BCUT2D eigenvalue weighted by Gasteiger charge is -2.60. The number of aromatic hydroxyl groups is 1. The third kappa shape index (κ3) is 4.61. The first kappa shape index (κ1) is 29.3. The highest BCUT2D eigenvalue weighted by molar-refractivity contribution is 6.35. The van der Waals surface area contributed by atoms with Gasteiger partial charge in [-0.05, 0) is 90.7 Å². The van der Waals surface area contributed by atoms with Gasteiger partial charge in [0, 0.05) is 11.1 Å². The number of carbonyl (C=O) groups excluding carboxylic acids is 3. The molecule has 5 nitrogen and oxygen atoms in total. The molecule has 2 N–H and O–H groups in total. The fourth-order valence-electron chi connectivity index (χ4n) is 6.21. The third-order valence-corrected chi connectivity index (χ3v) is 8.64. The van der Waals surface area contributed by atoms with Crippen molar-refractivity contribution in [3.63, 3.8) is 0 Å². The summed E-state index contributed by atoms with van der Waals surface area (Å²) >= 11 is 0. The van der Waals surface area contributed by atoms with Gasteiger partial charge in [-0.15, -0.1) is 0 Å². The van der Waals surface area contributed by atoms with E-state index in [1.165, 1.54) is 24.3 Å². The Morgan fingerprint density at radius 1 is 0.947 bits per heavy atom. The van der Waals surface area contributed by atoms with Crippen molar-refractivity contribution in [3.8, 4) is 5.75 Å². The van der Waals surface area contributed by atoms with E-state index in [9.17, 15) is 24.6 Å². The number of hydrogen-bond donors (Lipinski definition) is 2. The van der Waals surface area contributed by atoms with Gasteiger partial charge in [0.05, 0.1) is 5.41 Å². The molecule has 2 aliphatic rings. The van der Waals surface area contributed by atoms with Gasteiger partial charge in [0.1, 0.15) is 11.5 Å². The van der Waals surface area contributed by atoms with Crippen LogP contribution in [-0.4, -0.2) is 27.6 Å². The average Bonchev–Trinajstić information content (AvgIpc) is 2.82. The number of aliphatic hydroxyl groups excluding tert-OH is 1. The number of aliphatic hydroxyl groups is 1. The van der Waals surface area contributed by atoms with E-state index in [2.05, 4.69) is 6.08 Å². The highest BCUT2D eigenvalue weighted by atomic mass is 16.3. The van der Waals surface area contributed by atoms with Gasteiger partial charge in [-0.3, -0.25) is 14.4 Å². The number of phenolic OH excluding ortho intramolecular Hbond substituents is 1. The first-order valence-electron chi connectivity index (χ1n) is 13.4. The number of carbonyl (C=O) groups is 3. The molecule has 1 aromatic carbocycles. The molecule has 0 saturated heterocycles. The summed E-state index contributed by atoms with van der Waals surface area (Å²) in [5.74, 6) is -2.30. The number of ketones is 3. The van der Waals surface area contributed by atoms with Crippen LogP contribution in [-0.2, 0) is 9.59 Å². The van der Waals surface area contributed by atoms with Gasteiger partial charge in [0.2, 0.25) is 0 Å². The van der Waals surface area contributed by atoms with E-state index in [0.29, 0.717) is 6.42 Å². The standard InChI is InChI=1S/C33H42O5/c1-20(2)12-14-24-19-32(27(35)23-10-9-11-25(34)18-23)28(36)26(15-13-21(3)4)29(37)33(30(32)38,31(24,7)8)17-16-22(5)6/h9-13,16,18,24,34,37H,14-15,17,19H2,1-8H3/t24-,32-,33-/m1/s1. The molecule has 2 bridgehead atoms. The van der Waals surface area contributed by atoms with Gasteiger partial charge in [-0.1, -0.05) is 60.9 Å². The lowest BCUT2D eigenvalue weighted by molar-refractivity contribution is -0.165. The summed E-state index contributed by atoms with van der Waals surface area (Å²) in [4.78, 5) is 43.6. The van der Waals surface area contributed by atoms with Crippen molar-refractivity contribution in [2.24, 2.45) is 22.2 Å². The first-order valence-corrected chi connectivity index (χ1v) is 13.4. The van der Waals surface area contributed by atoms with Gasteiger partial charge in [-0.25, -0.2) is 0 Å². The van der Waals surface area contributed by atoms with Crippen LogP contribution in [0.5, 0.6) is 5.75 Å². The minimum atomic E-state index is -1.98. The van der Waals surface area contributed by atoms with E-state index >= 15 is 0 Å². The Morgan fingerprint density at radius 2 is 1.55 bits per heavy atom. The minimum Gasteiger partial charge on any atom is -0.511 e. The molecule has 3 rings (SSSR count). The second-order valence-corrected chi connectivity index (χ2v) is 12.3. The number of Topliss-reactive ketones (excluding diaryl/α,β-unsaturated/α-hetero) is 3. The van der Waals surface area contributed by atoms with Crippen molar-refractivity contribution >= 4 is 17.3 Å². The molecule has 0 spiro atoms. The number of allylic oxidation sites excluding steroid dienone is 8. The average molecular weight is 519 g/mol. The number of rotatable bonds is 8. The van der Waals surface area contributed by atoms with Crippen molar-refractivity contribution in [2.75, 3.05) is 0 Å². The van der Waals surface area contributed by atoms with E-state index in [4.69, 9.17) is 0 Å². The van der Waals surface area contributed by atoms with Crippen molar-refractivity contribution in [2.45, 2.75) is 81.1 Å². The molecule has 38 heavy (non-hydrogen) atoms. The van der Waals surface area contributed by atoms with Crippen molar-refractivity contribution in [3.05, 3.63) is 76.1 Å². The van der Waals surface area contributed by atoms with Crippen LogP contribution in [0.4, 0.5) is 0 Å². The van der Waals surface area contributed by atoms with Crippen LogP contribution in [0.15, 0.2) is 70.5 Å². The van der Waals surface area contributed by atoms with E-state index in [1.54, 1.807) is 0 Å². The molecule has 0 aliphatic heterocycles. The maximum atomic E-state index is 14.8. The molecule has 3 atom stereocenters. The van der Waals surface area contributed by atoms with Crippen LogP contribution >= 0.6 is 0 Å². The van der Waals surface area contributed by atoms with E-state index in [0.717, 1.165) is 16.7 Å². The number of benzene rings is 1. The normalized spacial score (nSPS) is 26.1. The smallest absolute Gasteiger partial charge is 0.184 e. The monoisotopic (exact) mass is 518 g/mol. The van der Waals surface area contributed by atoms with Gasteiger partial charge >= 0.3 is 0 Å². The van der Waals surface area contributed by atoms with Crippen molar-refractivity contribution < 1.29 is 24.6 Å². The molecule has 204 valence electrons. The lowest BCUT2D eigenvalue weighted by Crippen LogP contribution is -2.68. The summed E-state index contributed by atoms with van der Waals surface area (Å²) in [5, 5.41) is 22.1. The maximum Gasteiger partial charge on any atom is 0.184 e. The topological polar surface area (TPSA) is 91.7 Å². The zero-order valence-electron chi connectivity index (χ0n) is 24.1. The Labute approximate surface area is 227 Å². The van der Waals surface area contributed by atoms with E-state index in [1.807, 2.05) is 67.5 Å². The Kier molecular flexibility index (Phi) is 8.12.